The lowest BCUT2D eigenvalue weighted by Gasteiger charge is -2.22. The van der Waals surface area contributed by atoms with Crippen molar-refractivity contribution >= 4 is 42.2 Å². The molecule has 0 unspecified atom stereocenters. The number of rotatable bonds is 6. The van der Waals surface area contributed by atoms with Crippen molar-refractivity contribution in [1.29, 1.82) is 0 Å². The van der Waals surface area contributed by atoms with Crippen LogP contribution >= 0.6 is 10.7 Å². The SMILES string of the molecule is CCCN(CCC)C(=O)Nc1cccc2c(S(=O)(=O)Cl)cccc12. The molecule has 0 bridgehead atoms. The van der Waals surface area contributed by atoms with Crippen molar-refractivity contribution in [3.8, 4) is 0 Å². The summed E-state index contributed by atoms with van der Waals surface area (Å²) < 4.78 is 23.5. The van der Waals surface area contributed by atoms with Crippen LogP contribution in [0.1, 0.15) is 26.7 Å². The van der Waals surface area contributed by atoms with Gasteiger partial charge in [-0.25, -0.2) is 13.2 Å². The molecule has 2 aromatic rings. The van der Waals surface area contributed by atoms with E-state index in [1.54, 1.807) is 35.2 Å². The van der Waals surface area contributed by atoms with Crippen LogP contribution in [0.15, 0.2) is 41.3 Å². The van der Waals surface area contributed by atoms with Gasteiger partial charge in [0.15, 0.2) is 0 Å². The smallest absolute Gasteiger partial charge is 0.321 e. The first-order valence-electron chi connectivity index (χ1n) is 7.90. The highest BCUT2D eigenvalue weighted by molar-refractivity contribution is 8.14. The highest BCUT2D eigenvalue weighted by atomic mass is 35.7. The van der Waals surface area contributed by atoms with Crippen LogP contribution in [-0.4, -0.2) is 32.4 Å². The van der Waals surface area contributed by atoms with Crippen LogP contribution in [0.5, 0.6) is 0 Å². The van der Waals surface area contributed by atoms with Crippen LogP contribution in [-0.2, 0) is 9.05 Å². The van der Waals surface area contributed by atoms with Gasteiger partial charge in [0.25, 0.3) is 9.05 Å². The molecule has 0 fully saturated rings. The van der Waals surface area contributed by atoms with Gasteiger partial charge in [0, 0.05) is 34.5 Å². The summed E-state index contributed by atoms with van der Waals surface area (Å²) in [6.07, 6.45) is 1.75. The van der Waals surface area contributed by atoms with E-state index in [1.807, 2.05) is 13.8 Å². The Hall–Kier alpha value is -1.79. The molecule has 0 aliphatic rings. The van der Waals surface area contributed by atoms with Crippen molar-refractivity contribution in [2.45, 2.75) is 31.6 Å². The van der Waals surface area contributed by atoms with Crippen molar-refractivity contribution in [3.05, 3.63) is 36.4 Å². The Labute approximate surface area is 147 Å². The number of nitrogens with one attached hydrogen (secondary N) is 1. The second-order valence-corrected chi connectivity index (χ2v) is 8.05. The lowest BCUT2D eigenvalue weighted by molar-refractivity contribution is 0.211. The quantitative estimate of drug-likeness (QED) is 0.767. The number of urea groups is 1. The lowest BCUT2D eigenvalue weighted by atomic mass is 10.1. The molecule has 2 aromatic carbocycles. The molecule has 0 saturated heterocycles. The van der Waals surface area contributed by atoms with Crippen LogP contribution < -0.4 is 5.32 Å². The molecule has 2 amide bonds. The van der Waals surface area contributed by atoms with E-state index >= 15 is 0 Å². The zero-order valence-corrected chi connectivity index (χ0v) is 15.3. The maximum Gasteiger partial charge on any atom is 0.321 e. The summed E-state index contributed by atoms with van der Waals surface area (Å²) in [5.41, 5.74) is 0.567. The summed E-state index contributed by atoms with van der Waals surface area (Å²) in [6, 6.07) is 9.77. The highest BCUT2D eigenvalue weighted by Gasteiger charge is 2.17. The molecule has 0 aliphatic heterocycles. The number of carbonyl (C=O) groups excluding carboxylic acids is 1. The summed E-state index contributed by atoms with van der Waals surface area (Å²) in [5, 5.41) is 4.01. The number of carbonyl (C=O) groups is 1. The Kier molecular flexibility index (Phi) is 6.07. The molecule has 5 nitrogen and oxygen atoms in total. The first-order valence-corrected chi connectivity index (χ1v) is 10.2. The van der Waals surface area contributed by atoms with E-state index in [4.69, 9.17) is 10.7 Å². The van der Waals surface area contributed by atoms with Gasteiger partial charge < -0.3 is 10.2 Å². The van der Waals surface area contributed by atoms with Gasteiger partial charge in [0.2, 0.25) is 0 Å². The third-order valence-corrected chi connectivity index (χ3v) is 5.04. The number of benzene rings is 2. The van der Waals surface area contributed by atoms with Crippen LogP contribution in [0, 0.1) is 0 Å². The second kappa shape index (κ2) is 7.85. The van der Waals surface area contributed by atoms with Crippen LogP contribution in [0.2, 0.25) is 0 Å². The number of amides is 2. The molecule has 0 aliphatic carbocycles. The first kappa shape index (κ1) is 18.5. The lowest BCUT2D eigenvalue weighted by Crippen LogP contribution is -2.36. The van der Waals surface area contributed by atoms with Crippen LogP contribution in [0.25, 0.3) is 10.8 Å². The maximum atomic E-state index is 12.5. The van der Waals surface area contributed by atoms with E-state index in [2.05, 4.69) is 5.32 Å². The highest BCUT2D eigenvalue weighted by Crippen LogP contribution is 2.30. The minimum Gasteiger partial charge on any atom is -0.325 e. The largest absolute Gasteiger partial charge is 0.325 e. The molecule has 0 saturated carbocycles. The summed E-state index contributed by atoms with van der Waals surface area (Å²) in [5.74, 6) is 0. The number of fused-ring (bicyclic) bond motifs is 1. The molecule has 0 heterocycles. The van der Waals surface area contributed by atoms with E-state index in [9.17, 15) is 13.2 Å². The van der Waals surface area contributed by atoms with Crippen molar-refractivity contribution < 1.29 is 13.2 Å². The standard InChI is InChI=1S/C17H21ClN2O3S/c1-3-11-20(12-4-2)17(21)19-15-9-5-8-14-13(15)7-6-10-16(14)24(18,22)23/h5-10H,3-4,11-12H2,1-2H3,(H,19,21). The predicted octanol–water partition coefficient (Wildman–Crippen LogP) is 4.42. The van der Waals surface area contributed by atoms with E-state index in [1.165, 1.54) is 6.07 Å². The van der Waals surface area contributed by atoms with E-state index < -0.39 is 9.05 Å². The number of halogens is 1. The van der Waals surface area contributed by atoms with E-state index in [0.717, 1.165) is 12.8 Å². The molecule has 24 heavy (non-hydrogen) atoms. The first-order chi connectivity index (χ1) is 11.4. The minimum absolute atomic E-state index is 0.0386. The van der Waals surface area contributed by atoms with E-state index in [0.29, 0.717) is 29.5 Å². The Balaban J connectivity index is 2.41. The average Bonchev–Trinajstić information content (AvgIpc) is 2.53. The Bertz CT molecular complexity index is 831. The summed E-state index contributed by atoms with van der Waals surface area (Å²) >= 11 is 0. The van der Waals surface area contributed by atoms with Gasteiger partial charge in [0.05, 0.1) is 10.6 Å². The number of hydrogen-bond donors (Lipinski definition) is 1. The maximum absolute atomic E-state index is 12.5. The number of hydrogen-bond acceptors (Lipinski definition) is 3. The fourth-order valence-electron chi connectivity index (χ4n) is 2.65. The molecule has 0 aromatic heterocycles. The van der Waals surface area contributed by atoms with Gasteiger partial charge >= 0.3 is 6.03 Å². The Morgan fingerprint density at radius 2 is 1.62 bits per heavy atom. The predicted molar refractivity (Wildman–Crippen MR) is 98.2 cm³/mol. The molecule has 0 spiro atoms. The van der Waals surface area contributed by atoms with Gasteiger partial charge in [-0.05, 0) is 25.0 Å². The monoisotopic (exact) mass is 368 g/mol. The van der Waals surface area contributed by atoms with E-state index in [-0.39, 0.29) is 10.9 Å². The van der Waals surface area contributed by atoms with Crippen molar-refractivity contribution in [2.24, 2.45) is 0 Å². The molecule has 7 heteroatoms. The molecular weight excluding hydrogens is 348 g/mol. The Morgan fingerprint density at radius 3 is 2.21 bits per heavy atom. The van der Waals surface area contributed by atoms with Crippen molar-refractivity contribution in [1.82, 2.24) is 4.90 Å². The number of anilines is 1. The summed E-state index contributed by atoms with van der Waals surface area (Å²) in [7, 11) is 1.65. The minimum atomic E-state index is -3.86. The average molecular weight is 369 g/mol. The van der Waals surface area contributed by atoms with Crippen LogP contribution in [0.4, 0.5) is 10.5 Å². The zero-order valence-electron chi connectivity index (χ0n) is 13.8. The Morgan fingerprint density at radius 1 is 1.04 bits per heavy atom. The number of nitrogens with zero attached hydrogens (tertiary/aromatic N) is 1. The molecule has 130 valence electrons. The zero-order chi connectivity index (χ0) is 17.7. The van der Waals surface area contributed by atoms with Gasteiger partial charge in [-0.2, -0.15) is 0 Å². The molecular formula is C17H21ClN2O3S. The van der Waals surface area contributed by atoms with Gasteiger partial charge in [-0.1, -0.05) is 38.1 Å². The third kappa shape index (κ3) is 4.19. The molecule has 0 radical (unpaired) electrons. The normalized spacial score (nSPS) is 11.5. The van der Waals surface area contributed by atoms with Gasteiger partial charge in [-0.15, -0.1) is 0 Å². The molecule has 2 rings (SSSR count). The van der Waals surface area contributed by atoms with Crippen molar-refractivity contribution in [2.75, 3.05) is 18.4 Å². The summed E-state index contributed by atoms with van der Waals surface area (Å²) in [6.45, 7) is 5.38. The topological polar surface area (TPSA) is 66.5 Å². The molecule has 0 atom stereocenters. The second-order valence-electron chi connectivity index (χ2n) is 5.51. The third-order valence-electron chi connectivity index (χ3n) is 3.66. The fourth-order valence-corrected chi connectivity index (χ4v) is 3.74. The van der Waals surface area contributed by atoms with Crippen LogP contribution in [0.3, 0.4) is 0 Å². The van der Waals surface area contributed by atoms with Gasteiger partial charge in [-0.3, -0.25) is 0 Å². The summed E-state index contributed by atoms with van der Waals surface area (Å²) in [4.78, 5) is 14.3. The van der Waals surface area contributed by atoms with Gasteiger partial charge in [0.1, 0.15) is 0 Å². The van der Waals surface area contributed by atoms with Crippen molar-refractivity contribution in [3.63, 3.8) is 0 Å². The fraction of sp³-hybridized carbons (Fsp3) is 0.353. The molecule has 1 N–H and O–H groups in total.